The molecule has 0 unspecified atom stereocenters. The molecule has 4 heteroatoms. The fourth-order valence-corrected chi connectivity index (χ4v) is 1.64. The van der Waals surface area contributed by atoms with Gasteiger partial charge in [-0.15, -0.1) is 0 Å². The number of hydrogen-bond acceptors (Lipinski definition) is 4. The Kier molecular flexibility index (Phi) is 4.81. The molecule has 0 amide bonds. The van der Waals surface area contributed by atoms with Crippen LogP contribution in [-0.4, -0.2) is 22.6 Å². The predicted octanol–water partition coefficient (Wildman–Crippen LogP) is 1.15. The first-order valence-corrected chi connectivity index (χ1v) is 5.77. The van der Waals surface area contributed by atoms with Gasteiger partial charge in [-0.2, -0.15) is 0 Å². The molecule has 17 heavy (non-hydrogen) atoms. The van der Waals surface area contributed by atoms with Crippen molar-refractivity contribution in [2.75, 3.05) is 0 Å². The molecule has 0 fully saturated rings. The largest absolute Gasteiger partial charge is 0.388 e. The Morgan fingerprint density at radius 1 is 1.41 bits per heavy atom. The Morgan fingerprint density at radius 3 is 2.47 bits per heavy atom. The van der Waals surface area contributed by atoms with Gasteiger partial charge in [0.2, 0.25) is 0 Å². The van der Waals surface area contributed by atoms with Crippen LogP contribution in [0.25, 0.3) is 0 Å². The van der Waals surface area contributed by atoms with Crippen LogP contribution in [0.4, 0.5) is 0 Å². The smallest absolute Gasteiger partial charge is 0.165 e. The first-order valence-electron chi connectivity index (χ1n) is 5.77. The maximum Gasteiger partial charge on any atom is 0.165 e. The summed E-state index contributed by atoms with van der Waals surface area (Å²) in [6, 6.07) is 6.23. The molecule has 0 aromatic heterocycles. The van der Waals surface area contributed by atoms with Gasteiger partial charge in [-0.3, -0.25) is 10.5 Å². The van der Waals surface area contributed by atoms with E-state index in [-0.39, 0.29) is 0 Å². The van der Waals surface area contributed by atoms with Crippen LogP contribution < -0.4 is 5.73 Å². The van der Waals surface area contributed by atoms with E-state index in [0.717, 1.165) is 12.8 Å². The Bertz CT molecular complexity index is 359. The van der Waals surface area contributed by atoms with Gasteiger partial charge < -0.3 is 10.2 Å². The van der Waals surface area contributed by atoms with Gasteiger partial charge in [0.15, 0.2) is 5.72 Å². The van der Waals surface area contributed by atoms with E-state index in [2.05, 4.69) is 0 Å². The lowest BCUT2D eigenvalue weighted by Crippen LogP contribution is -2.47. The summed E-state index contributed by atoms with van der Waals surface area (Å²) in [4.78, 5) is 10.5. The molecule has 0 aliphatic heterocycles. The number of rotatable bonds is 6. The zero-order valence-corrected chi connectivity index (χ0v) is 9.97. The topological polar surface area (TPSA) is 83.6 Å². The molecule has 4 nitrogen and oxygen atoms in total. The molecule has 1 aromatic carbocycles. The molecule has 0 heterocycles. The molecule has 4 N–H and O–H groups in total. The number of hydrogen-bond donors (Lipinski definition) is 3. The summed E-state index contributed by atoms with van der Waals surface area (Å²) in [6.45, 7) is 2.00. The summed E-state index contributed by atoms with van der Waals surface area (Å²) in [5.41, 5.74) is 4.88. The molecule has 0 saturated carbocycles. The van der Waals surface area contributed by atoms with Crippen LogP contribution in [0.5, 0.6) is 0 Å². The average molecular weight is 237 g/mol. The van der Waals surface area contributed by atoms with Crippen molar-refractivity contribution in [3.05, 3.63) is 35.4 Å². The standard InChI is InChI=1S/C13H19NO3/c1-2-3-4-12(16)13(14,17)11-7-5-10(9-15)6-8-11/h5-9,12,16-17H,2-4,14H2,1H3/t12-,13-/m1/s1. The molecule has 1 rings (SSSR count). The fraction of sp³-hybridized carbons (Fsp3) is 0.462. The highest BCUT2D eigenvalue weighted by atomic mass is 16.4. The molecule has 0 saturated heterocycles. The third kappa shape index (κ3) is 3.36. The van der Waals surface area contributed by atoms with Gasteiger partial charge in [-0.25, -0.2) is 0 Å². The highest BCUT2D eigenvalue weighted by Crippen LogP contribution is 2.22. The van der Waals surface area contributed by atoms with Gasteiger partial charge in [-0.1, -0.05) is 44.0 Å². The number of aldehydes is 1. The minimum atomic E-state index is -1.77. The van der Waals surface area contributed by atoms with E-state index in [4.69, 9.17) is 5.73 Å². The molecule has 0 aliphatic carbocycles. The van der Waals surface area contributed by atoms with E-state index >= 15 is 0 Å². The van der Waals surface area contributed by atoms with Gasteiger partial charge in [0.25, 0.3) is 0 Å². The van der Waals surface area contributed by atoms with Crippen molar-refractivity contribution < 1.29 is 15.0 Å². The zero-order valence-electron chi connectivity index (χ0n) is 9.97. The number of carbonyl (C=O) groups is 1. The van der Waals surface area contributed by atoms with Gasteiger partial charge in [0.05, 0.1) is 0 Å². The summed E-state index contributed by atoms with van der Waals surface area (Å²) >= 11 is 0. The van der Waals surface area contributed by atoms with Crippen LogP contribution in [0.15, 0.2) is 24.3 Å². The summed E-state index contributed by atoms with van der Waals surface area (Å²) in [7, 11) is 0. The van der Waals surface area contributed by atoms with Crippen LogP contribution >= 0.6 is 0 Å². The molecule has 0 radical (unpaired) electrons. The van der Waals surface area contributed by atoms with Crippen molar-refractivity contribution in [3.63, 3.8) is 0 Å². The van der Waals surface area contributed by atoms with Crippen molar-refractivity contribution in [1.29, 1.82) is 0 Å². The Morgan fingerprint density at radius 2 is 2.00 bits per heavy atom. The lowest BCUT2D eigenvalue weighted by molar-refractivity contribution is -0.0802. The first kappa shape index (κ1) is 13.8. The van der Waals surface area contributed by atoms with E-state index in [1.807, 2.05) is 6.92 Å². The normalized spacial score (nSPS) is 16.2. The van der Waals surface area contributed by atoms with Crippen molar-refractivity contribution in [2.45, 2.75) is 38.0 Å². The third-order valence-corrected chi connectivity index (χ3v) is 2.85. The molecular weight excluding hydrogens is 218 g/mol. The predicted molar refractivity (Wildman–Crippen MR) is 65.4 cm³/mol. The number of aliphatic hydroxyl groups excluding tert-OH is 1. The summed E-state index contributed by atoms with van der Waals surface area (Å²) < 4.78 is 0. The zero-order chi connectivity index (χ0) is 12.9. The van der Waals surface area contributed by atoms with Crippen LogP contribution in [0.1, 0.15) is 42.1 Å². The second kappa shape index (κ2) is 5.91. The fourth-order valence-electron chi connectivity index (χ4n) is 1.64. The Balaban J connectivity index is 2.83. The molecule has 0 bridgehead atoms. The lowest BCUT2D eigenvalue weighted by Gasteiger charge is -2.29. The van der Waals surface area contributed by atoms with Crippen LogP contribution in [0.2, 0.25) is 0 Å². The maximum absolute atomic E-state index is 10.5. The second-order valence-electron chi connectivity index (χ2n) is 4.22. The molecule has 0 aliphatic rings. The molecular formula is C13H19NO3. The number of aliphatic hydroxyl groups is 2. The lowest BCUT2D eigenvalue weighted by atomic mass is 9.94. The Labute approximate surface area is 101 Å². The van der Waals surface area contributed by atoms with Gasteiger partial charge in [0, 0.05) is 11.1 Å². The number of unbranched alkanes of at least 4 members (excludes halogenated alkanes) is 1. The average Bonchev–Trinajstić information content (AvgIpc) is 2.35. The van der Waals surface area contributed by atoms with Gasteiger partial charge >= 0.3 is 0 Å². The SMILES string of the molecule is CCCC[C@@H](O)[C@](N)(O)c1ccc(C=O)cc1. The highest BCUT2D eigenvalue weighted by molar-refractivity contribution is 5.74. The number of nitrogens with two attached hydrogens (primary N) is 1. The van der Waals surface area contributed by atoms with E-state index < -0.39 is 11.8 Å². The van der Waals surface area contributed by atoms with Crippen molar-refractivity contribution >= 4 is 6.29 Å². The second-order valence-corrected chi connectivity index (χ2v) is 4.22. The van der Waals surface area contributed by atoms with E-state index in [1.165, 1.54) is 0 Å². The van der Waals surface area contributed by atoms with Crippen LogP contribution in [0, 0.1) is 0 Å². The third-order valence-electron chi connectivity index (χ3n) is 2.85. The molecule has 94 valence electrons. The monoisotopic (exact) mass is 237 g/mol. The van der Waals surface area contributed by atoms with Crippen LogP contribution in [0.3, 0.4) is 0 Å². The first-order chi connectivity index (χ1) is 8.02. The maximum atomic E-state index is 10.5. The van der Waals surface area contributed by atoms with E-state index in [1.54, 1.807) is 24.3 Å². The van der Waals surface area contributed by atoms with E-state index in [0.29, 0.717) is 23.8 Å². The van der Waals surface area contributed by atoms with E-state index in [9.17, 15) is 15.0 Å². The minimum absolute atomic E-state index is 0.409. The van der Waals surface area contributed by atoms with Crippen molar-refractivity contribution in [1.82, 2.24) is 0 Å². The van der Waals surface area contributed by atoms with Gasteiger partial charge in [-0.05, 0) is 6.42 Å². The molecule has 0 spiro atoms. The molecule has 2 atom stereocenters. The molecule has 1 aromatic rings. The quantitative estimate of drug-likeness (QED) is 0.512. The summed E-state index contributed by atoms with van der Waals surface area (Å²) in [5, 5.41) is 19.9. The summed E-state index contributed by atoms with van der Waals surface area (Å²) in [6.07, 6.45) is 1.88. The highest BCUT2D eigenvalue weighted by Gasteiger charge is 2.32. The van der Waals surface area contributed by atoms with Crippen LogP contribution in [-0.2, 0) is 5.72 Å². The number of benzene rings is 1. The van der Waals surface area contributed by atoms with Crippen molar-refractivity contribution in [3.8, 4) is 0 Å². The van der Waals surface area contributed by atoms with Gasteiger partial charge in [0.1, 0.15) is 12.4 Å². The minimum Gasteiger partial charge on any atom is -0.388 e. The Hall–Kier alpha value is -1.23. The summed E-state index contributed by atoms with van der Waals surface area (Å²) in [5.74, 6) is 0. The number of carbonyl (C=O) groups excluding carboxylic acids is 1. The van der Waals surface area contributed by atoms with Crippen molar-refractivity contribution in [2.24, 2.45) is 5.73 Å².